The van der Waals surface area contributed by atoms with Gasteiger partial charge in [-0.15, -0.1) is 0 Å². The number of carbonyl (C=O) groups excluding carboxylic acids is 2. The number of unbranched alkanes of at least 4 members (excludes halogenated alkanes) is 1. The smallest absolute Gasteiger partial charge is 0.251 e. The molecule has 0 aliphatic heterocycles. The number of carbonyl (C=O) groups is 2. The topological polar surface area (TPSA) is 185 Å². The molecule has 1 atom stereocenters. The molecule has 0 radical (unpaired) electrons. The number of fused-ring (bicyclic) bond motifs is 1. The second-order valence-corrected chi connectivity index (χ2v) is 10.1. The lowest BCUT2D eigenvalue weighted by molar-refractivity contribution is -0.122. The maximum absolute atomic E-state index is 15.0. The largest absolute Gasteiger partial charge is 0.476 e. The molecule has 4 aromatic rings. The molecule has 0 aliphatic rings. The minimum Gasteiger partial charge on any atom is -0.476 e. The molecule has 14 heteroatoms. The van der Waals surface area contributed by atoms with Crippen molar-refractivity contribution < 1.29 is 23.1 Å². The highest BCUT2D eigenvalue weighted by Gasteiger charge is 2.20. The number of hydrogen-bond acceptors (Lipinski definition) is 9. The number of nitrogens with one attached hydrogen (secondary N) is 3. The van der Waals surface area contributed by atoms with E-state index in [1.807, 2.05) is 13.0 Å². The number of halogens is 2. The molecule has 0 bridgehead atoms. The molecule has 2 aromatic heterocycles. The minimum atomic E-state index is -1.20. The summed E-state index contributed by atoms with van der Waals surface area (Å²) in [6.45, 7) is 2.54. The fourth-order valence-electron chi connectivity index (χ4n) is 4.71. The predicted octanol–water partition coefficient (Wildman–Crippen LogP) is 3.19. The summed E-state index contributed by atoms with van der Waals surface area (Å²) in [6, 6.07) is 8.95. The molecular formula is C31H35F2N9O3. The van der Waals surface area contributed by atoms with Crippen molar-refractivity contribution in [3.05, 3.63) is 71.7 Å². The van der Waals surface area contributed by atoms with Gasteiger partial charge in [-0.05, 0) is 61.7 Å². The van der Waals surface area contributed by atoms with Gasteiger partial charge in [0.2, 0.25) is 11.7 Å². The van der Waals surface area contributed by atoms with Crippen LogP contribution in [0.2, 0.25) is 0 Å². The number of aromatic nitrogens is 3. The van der Waals surface area contributed by atoms with Crippen molar-refractivity contribution in [1.82, 2.24) is 25.0 Å². The Hall–Kier alpha value is -5.13. The summed E-state index contributed by atoms with van der Waals surface area (Å²) in [5.41, 5.74) is 13.9. The lowest BCUT2D eigenvalue weighted by Crippen LogP contribution is -2.43. The van der Waals surface area contributed by atoms with Gasteiger partial charge in [0.05, 0.1) is 17.9 Å². The number of rotatable bonds is 15. The first-order valence-corrected chi connectivity index (χ1v) is 14.5. The van der Waals surface area contributed by atoms with E-state index in [2.05, 4.69) is 25.9 Å². The molecule has 7 N–H and O–H groups in total. The highest BCUT2D eigenvalue weighted by atomic mass is 19.2. The molecular weight excluding hydrogens is 584 g/mol. The van der Waals surface area contributed by atoms with Crippen molar-refractivity contribution in [3.8, 4) is 23.1 Å². The lowest BCUT2D eigenvalue weighted by atomic mass is 10.0. The van der Waals surface area contributed by atoms with Crippen LogP contribution in [0.5, 0.6) is 5.75 Å². The van der Waals surface area contributed by atoms with E-state index in [1.165, 1.54) is 24.5 Å². The fourth-order valence-corrected chi connectivity index (χ4v) is 4.71. The SMILES string of the molecule is CCc1cc(Nc2nccn3c(-c4ccc(OCC#N)c(F)c4F)cnc23)ccc1C(=O)NCCNC(=O)[C@@H](N)CCCCN. The van der Waals surface area contributed by atoms with Gasteiger partial charge in [0.15, 0.2) is 29.6 Å². The predicted molar refractivity (Wildman–Crippen MR) is 165 cm³/mol. The van der Waals surface area contributed by atoms with E-state index in [0.29, 0.717) is 42.1 Å². The van der Waals surface area contributed by atoms with E-state index in [4.69, 9.17) is 21.5 Å². The van der Waals surface area contributed by atoms with E-state index in [9.17, 15) is 18.4 Å². The van der Waals surface area contributed by atoms with Crippen LogP contribution in [0, 0.1) is 23.0 Å². The molecule has 45 heavy (non-hydrogen) atoms. The molecule has 0 fully saturated rings. The van der Waals surface area contributed by atoms with E-state index in [1.54, 1.807) is 28.8 Å². The highest BCUT2D eigenvalue weighted by Crippen LogP contribution is 2.32. The summed E-state index contributed by atoms with van der Waals surface area (Å²) < 4.78 is 36.1. The Bertz CT molecular complexity index is 1700. The number of nitrogens with zero attached hydrogens (tertiary/aromatic N) is 4. The van der Waals surface area contributed by atoms with Crippen molar-refractivity contribution in [1.29, 1.82) is 5.26 Å². The molecule has 2 heterocycles. The molecule has 4 rings (SSSR count). The normalized spacial score (nSPS) is 11.6. The van der Waals surface area contributed by atoms with E-state index in [-0.39, 0.29) is 41.9 Å². The Labute approximate surface area is 258 Å². The summed E-state index contributed by atoms with van der Waals surface area (Å²) in [5, 5.41) is 17.4. The third-order valence-electron chi connectivity index (χ3n) is 7.05. The van der Waals surface area contributed by atoms with Crippen LogP contribution in [0.1, 0.15) is 42.1 Å². The standard InChI is InChI=1S/C31H35F2N9O3/c1-2-19-17-20(6-7-21(19)30(43)38-12-13-39-31(44)23(36)5-3-4-10-34)41-28-29-40-18-24(42(29)15-14-37-28)22-8-9-25(45-16-11-35)27(33)26(22)32/h6-9,14-15,17-18,23H,2-5,10,12-13,16,34,36H2,1H3,(H,37,41)(H,38,43)(H,39,44)/t23-/m0/s1. The van der Waals surface area contributed by atoms with Crippen LogP contribution < -0.4 is 32.2 Å². The van der Waals surface area contributed by atoms with Crippen molar-refractivity contribution in [3.63, 3.8) is 0 Å². The lowest BCUT2D eigenvalue weighted by Gasteiger charge is -2.14. The number of imidazole rings is 1. The van der Waals surface area contributed by atoms with Crippen molar-refractivity contribution >= 4 is 29.0 Å². The van der Waals surface area contributed by atoms with Crippen molar-refractivity contribution in [2.24, 2.45) is 11.5 Å². The van der Waals surface area contributed by atoms with Gasteiger partial charge in [-0.3, -0.25) is 14.0 Å². The van der Waals surface area contributed by atoms with Gasteiger partial charge >= 0.3 is 0 Å². The first-order chi connectivity index (χ1) is 21.8. The zero-order valence-electron chi connectivity index (χ0n) is 24.8. The molecule has 0 aliphatic carbocycles. The van der Waals surface area contributed by atoms with Crippen LogP contribution >= 0.6 is 0 Å². The van der Waals surface area contributed by atoms with Gasteiger partial charge in [-0.2, -0.15) is 9.65 Å². The molecule has 12 nitrogen and oxygen atoms in total. The molecule has 0 unspecified atom stereocenters. The fraction of sp³-hybridized carbons (Fsp3) is 0.323. The van der Waals surface area contributed by atoms with Crippen LogP contribution in [0.3, 0.4) is 0 Å². The third kappa shape index (κ3) is 7.88. The molecule has 0 saturated heterocycles. The molecule has 0 saturated carbocycles. The van der Waals surface area contributed by atoms with E-state index >= 15 is 0 Å². The Morgan fingerprint density at radius 1 is 1.11 bits per heavy atom. The van der Waals surface area contributed by atoms with Crippen LogP contribution in [0.25, 0.3) is 16.9 Å². The highest BCUT2D eigenvalue weighted by molar-refractivity contribution is 5.96. The summed E-state index contributed by atoms with van der Waals surface area (Å²) in [5.74, 6) is -2.89. The number of ether oxygens (including phenoxy) is 1. The Balaban J connectivity index is 1.43. The number of benzene rings is 2. The molecule has 2 aromatic carbocycles. The number of aryl methyl sites for hydroxylation is 1. The Morgan fingerprint density at radius 2 is 1.91 bits per heavy atom. The van der Waals surface area contributed by atoms with Gasteiger partial charge < -0.3 is 32.2 Å². The second kappa shape index (κ2) is 15.6. The van der Waals surface area contributed by atoms with Crippen molar-refractivity contribution in [2.45, 2.75) is 38.6 Å². The average molecular weight is 620 g/mol. The Morgan fingerprint density at radius 3 is 2.67 bits per heavy atom. The van der Waals surface area contributed by atoms with Crippen LogP contribution in [-0.4, -0.2) is 58.5 Å². The average Bonchev–Trinajstić information content (AvgIpc) is 3.48. The first-order valence-electron chi connectivity index (χ1n) is 14.5. The van der Waals surface area contributed by atoms with Crippen molar-refractivity contribution in [2.75, 3.05) is 31.6 Å². The number of amides is 2. The maximum atomic E-state index is 15.0. The van der Waals surface area contributed by atoms with E-state index < -0.39 is 24.3 Å². The zero-order chi connectivity index (χ0) is 32.3. The summed E-state index contributed by atoms with van der Waals surface area (Å²) in [4.78, 5) is 33.8. The summed E-state index contributed by atoms with van der Waals surface area (Å²) in [7, 11) is 0. The van der Waals surface area contributed by atoms with Crippen LogP contribution in [-0.2, 0) is 11.2 Å². The number of nitrogens with two attached hydrogens (primary N) is 2. The van der Waals surface area contributed by atoms with Crippen LogP contribution in [0.4, 0.5) is 20.3 Å². The van der Waals surface area contributed by atoms with Gasteiger partial charge in [-0.25, -0.2) is 14.4 Å². The van der Waals surface area contributed by atoms with Gasteiger partial charge in [0, 0.05) is 42.3 Å². The molecule has 236 valence electrons. The monoisotopic (exact) mass is 619 g/mol. The number of hydrogen-bond donors (Lipinski definition) is 5. The first kappa shape index (κ1) is 32.8. The molecule has 2 amide bonds. The van der Waals surface area contributed by atoms with E-state index in [0.717, 1.165) is 18.4 Å². The molecule has 0 spiro atoms. The van der Waals surface area contributed by atoms with Gasteiger partial charge in [0.25, 0.3) is 5.91 Å². The maximum Gasteiger partial charge on any atom is 0.251 e. The zero-order valence-corrected chi connectivity index (χ0v) is 24.8. The quantitative estimate of drug-likeness (QED) is 0.125. The van der Waals surface area contributed by atoms with Gasteiger partial charge in [0.1, 0.15) is 6.07 Å². The summed E-state index contributed by atoms with van der Waals surface area (Å²) in [6.07, 6.45) is 7.17. The van der Waals surface area contributed by atoms with Crippen LogP contribution in [0.15, 0.2) is 48.9 Å². The number of nitriles is 1. The van der Waals surface area contributed by atoms with Gasteiger partial charge in [-0.1, -0.05) is 13.3 Å². The second-order valence-electron chi connectivity index (χ2n) is 10.1. The minimum absolute atomic E-state index is 0.0463. The third-order valence-corrected chi connectivity index (χ3v) is 7.05. The summed E-state index contributed by atoms with van der Waals surface area (Å²) >= 11 is 0. The number of anilines is 2. The Kier molecular flexibility index (Phi) is 11.3.